The summed E-state index contributed by atoms with van der Waals surface area (Å²) in [6, 6.07) is 8.37. The Morgan fingerprint density at radius 2 is 2.15 bits per heavy atom. The van der Waals surface area contributed by atoms with Crippen LogP contribution in [0.2, 0.25) is 0 Å². The summed E-state index contributed by atoms with van der Waals surface area (Å²) in [6.45, 7) is 1.33. The standard InChI is InChI=1S/C13H11BrN2O4/c1-8-6-12(20-16-8)15-11(17)7-19-13(18)9-4-2-3-5-10(9)14/h2-6H,7H2,1H3,(H,15,17). The van der Waals surface area contributed by atoms with Gasteiger partial charge in [-0.15, -0.1) is 0 Å². The highest BCUT2D eigenvalue weighted by atomic mass is 79.9. The second-order valence-electron chi connectivity index (χ2n) is 3.94. The van der Waals surface area contributed by atoms with Crippen molar-refractivity contribution in [1.29, 1.82) is 0 Å². The van der Waals surface area contributed by atoms with Crippen molar-refractivity contribution in [3.63, 3.8) is 0 Å². The van der Waals surface area contributed by atoms with Gasteiger partial charge in [0.05, 0.1) is 11.3 Å². The summed E-state index contributed by atoms with van der Waals surface area (Å²) in [5.41, 5.74) is 1.00. The van der Waals surface area contributed by atoms with Crippen molar-refractivity contribution in [3.8, 4) is 0 Å². The third-order valence-corrected chi connectivity index (χ3v) is 3.01. The number of halogens is 1. The molecular weight excluding hydrogens is 328 g/mol. The van der Waals surface area contributed by atoms with Crippen molar-refractivity contribution in [2.24, 2.45) is 0 Å². The Morgan fingerprint density at radius 3 is 2.80 bits per heavy atom. The number of benzene rings is 1. The first-order chi connectivity index (χ1) is 9.56. The topological polar surface area (TPSA) is 81.4 Å². The first-order valence-corrected chi connectivity index (χ1v) is 6.50. The van der Waals surface area contributed by atoms with Crippen LogP contribution in [0.15, 0.2) is 39.3 Å². The van der Waals surface area contributed by atoms with Gasteiger partial charge in [-0.05, 0) is 35.0 Å². The highest BCUT2D eigenvalue weighted by Crippen LogP contribution is 2.16. The number of hydrogen-bond acceptors (Lipinski definition) is 5. The van der Waals surface area contributed by atoms with Crippen LogP contribution in [-0.4, -0.2) is 23.6 Å². The zero-order valence-electron chi connectivity index (χ0n) is 10.6. The fourth-order valence-corrected chi connectivity index (χ4v) is 1.88. The molecule has 0 saturated heterocycles. The van der Waals surface area contributed by atoms with Gasteiger partial charge >= 0.3 is 5.97 Å². The fourth-order valence-electron chi connectivity index (χ4n) is 1.43. The molecule has 0 fully saturated rings. The average molecular weight is 339 g/mol. The summed E-state index contributed by atoms with van der Waals surface area (Å²) in [6.07, 6.45) is 0. The molecule has 0 aliphatic rings. The van der Waals surface area contributed by atoms with Crippen LogP contribution in [0, 0.1) is 6.92 Å². The maximum absolute atomic E-state index is 11.8. The normalized spacial score (nSPS) is 10.1. The summed E-state index contributed by atoms with van der Waals surface area (Å²) in [7, 11) is 0. The molecule has 0 saturated carbocycles. The third kappa shape index (κ3) is 3.67. The molecule has 2 aromatic rings. The predicted molar refractivity (Wildman–Crippen MR) is 74.3 cm³/mol. The monoisotopic (exact) mass is 338 g/mol. The van der Waals surface area contributed by atoms with Gasteiger partial charge in [-0.3, -0.25) is 10.1 Å². The minimum absolute atomic E-state index is 0.212. The molecule has 20 heavy (non-hydrogen) atoms. The molecule has 0 unspecified atom stereocenters. The number of anilines is 1. The van der Waals surface area contributed by atoms with Crippen molar-refractivity contribution in [1.82, 2.24) is 5.16 Å². The molecule has 0 aliphatic heterocycles. The maximum atomic E-state index is 11.8. The number of esters is 1. The maximum Gasteiger partial charge on any atom is 0.339 e. The van der Waals surface area contributed by atoms with Gasteiger partial charge in [-0.25, -0.2) is 4.79 Å². The number of aryl methyl sites for hydroxylation is 1. The molecule has 7 heteroatoms. The van der Waals surface area contributed by atoms with Gasteiger partial charge in [0.1, 0.15) is 0 Å². The SMILES string of the molecule is Cc1cc(NC(=O)COC(=O)c2ccccc2Br)on1. The summed E-state index contributed by atoms with van der Waals surface area (Å²) in [5, 5.41) is 6.05. The van der Waals surface area contributed by atoms with E-state index in [0.717, 1.165) is 0 Å². The highest BCUT2D eigenvalue weighted by molar-refractivity contribution is 9.10. The quantitative estimate of drug-likeness (QED) is 0.866. The minimum atomic E-state index is -0.582. The minimum Gasteiger partial charge on any atom is -0.452 e. The van der Waals surface area contributed by atoms with Crippen molar-refractivity contribution < 1.29 is 18.8 Å². The Morgan fingerprint density at radius 1 is 1.40 bits per heavy atom. The van der Waals surface area contributed by atoms with E-state index in [2.05, 4.69) is 26.4 Å². The van der Waals surface area contributed by atoms with Gasteiger partial charge in [0.15, 0.2) is 6.61 Å². The summed E-state index contributed by atoms with van der Waals surface area (Å²) in [5.74, 6) is -0.868. The summed E-state index contributed by atoms with van der Waals surface area (Å²) >= 11 is 3.24. The van der Waals surface area contributed by atoms with E-state index in [0.29, 0.717) is 15.7 Å². The van der Waals surface area contributed by atoms with Gasteiger partial charge in [0.25, 0.3) is 5.91 Å². The van der Waals surface area contributed by atoms with Crippen molar-refractivity contribution in [3.05, 3.63) is 46.1 Å². The van der Waals surface area contributed by atoms with Gasteiger partial charge in [-0.2, -0.15) is 0 Å². The predicted octanol–water partition coefficient (Wildman–Crippen LogP) is 2.54. The molecule has 1 heterocycles. The van der Waals surface area contributed by atoms with E-state index in [1.165, 1.54) is 0 Å². The molecular formula is C13H11BrN2O4. The van der Waals surface area contributed by atoms with Crippen LogP contribution in [0.4, 0.5) is 5.88 Å². The van der Waals surface area contributed by atoms with Crippen LogP contribution in [0.1, 0.15) is 16.1 Å². The van der Waals surface area contributed by atoms with E-state index in [9.17, 15) is 9.59 Å². The van der Waals surface area contributed by atoms with Gasteiger partial charge in [0.2, 0.25) is 5.88 Å². The average Bonchev–Trinajstić information content (AvgIpc) is 2.82. The molecule has 1 N–H and O–H groups in total. The molecule has 2 rings (SSSR count). The molecule has 104 valence electrons. The number of aromatic nitrogens is 1. The number of amides is 1. The lowest BCUT2D eigenvalue weighted by Gasteiger charge is -2.05. The van der Waals surface area contributed by atoms with Crippen molar-refractivity contribution in [2.75, 3.05) is 11.9 Å². The van der Waals surface area contributed by atoms with Crippen LogP contribution in [0.5, 0.6) is 0 Å². The smallest absolute Gasteiger partial charge is 0.339 e. The van der Waals surface area contributed by atoms with E-state index >= 15 is 0 Å². The zero-order chi connectivity index (χ0) is 14.5. The number of carbonyl (C=O) groups is 2. The van der Waals surface area contributed by atoms with E-state index in [1.807, 2.05) is 0 Å². The number of nitrogens with one attached hydrogen (secondary N) is 1. The van der Waals surface area contributed by atoms with Crippen molar-refractivity contribution in [2.45, 2.75) is 6.92 Å². The number of nitrogens with zero attached hydrogens (tertiary/aromatic N) is 1. The Bertz CT molecular complexity index is 639. The van der Waals surface area contributed by atoms with Crippen LogP contribution < -0.4 is 5.32 Å². The number of ether oxygens (including phenoxy) is 1. The van der Waals surface area contributed by atoms with Crippen molar-refractivity contribution >= 4 is 33.7 Å². The Labute approximate surface area is 123 Å². The Hall–Kier alpha value is -2.15. The Kier molecular flexibility index (Phi) is 4.52. The van der Waals surface area contributed by atoms with Gasteiger partial charge in [-0.1, -0.05) is 17.3 Å². The lowest BCUT2D eigenvalue weighted by atomic mass is 10.2. The van der Waals surface area contributed by atoms with Crippen LogP contribution in [-0.2, 0) is 9.53 Å². The van der Waals surface area contributed by atoms with E-state index < -0.39 is 18.5 Å². The van der Waals surface area contributed by atoms with E-state index in [4.69, 9.17) is 9.26 Å². The largest absolute Gasteiger partial charge is 0.452 e. The fraction of sp³-hybridized carbons (Fsp3) is 0.154. The number of rotatable bonds is 4. The molecule has 1 amide bonds. The molecule has 6 nitrogen and oxygen atoms in total. The molecule has 0 atom stereocenters. The Balaban J connectivity index is 1.87. The van der Waals surface area contributed by atoms with Crippen LogP contribution >= 0.6 is 15.9 Å². The van der Waals surface area contributed by atoms with E-state index in [1.54, 1.807) is 37.3 Å². The zero-order valence-corrected chi connectivity index (χ0v) is 12.1. The summed E-state index contributed by atoms with van der Waals surface area (Å²) < 4.78 is 10.3. The second-order valence-corrected chi connectivity index (χ2v) is 4.79. The lowest BCUT2D eigenvalue weighted by Crippen LogP contribution is -2.20. The molecule has 0 radical (unpaired) electrons. The molecule has 1 aromatic heterocycles. The third-order valence-electron chi connectivity index (χ3n) is 2.32. The van der Waals surface area contributed by atoms with Gasteiger partial charge < -0.3 is 9.26 Å². The van der Waals surface area contributed by atoms with E-state index in [-0.39, 0.29) is 5.88 Å². The molecule has 0 aliphatic carbocycles. The first kappa shape index (κ1) is 14.3. The second kappa shape index (κ2) is 6.33. The number of carbonyl (C=O) groups excluding carboxylic acids is 2. The summed E-state index contributed by atoms with van der Waals surface area (Å²) in [4.78, 5) is 23.3. The van der Waals surface area contributed by atoms with Crippen LogP contribution in [0.25, 0.3) is 0 Å². The highest BCUT2D eigenvalue weighted by Gasteiger charge is 2.13. The van der Waals surface area contributed by atoms with Gasteiger partial charge in [0, 0.05) is 10.5 Å². The molecule has 0 bridgehead atoms. The molecule has 0 spiro atoms. The number of hydrogen-bond donors (Lipinski definition) is 1. The lowest BCUT2D eigenvalue weighted by molar-refractivity contribution is -0.119. The first-order valence-electron chi connectivity index (χ1n) is 5.71. The van der Waals surface area contributed by atoms with Crippen LogP contribution in [0.3, 0.4) is 0 Å². The molecule has 1 aromatic carbocycles.